The number of hydrogen-bond acceptors (Lipinski definition) is 1. The lowest BCUT2D eigenvalue weighted by molar-refractivity contribution is -0.118. The van der Waals surface area contributed by atoms with Crippen molar-refractivity contribution >= 4 is 17.5 Å². The Morgan fingerprint density at radius 3 is 2.90 bits per heavy atom. The Balaban J connectivity index is 2.11. The van der Waals surface area contributed by atoms with Crippen molar-refractivity contribution in [2.75, 3.05) is 5.88 Å². The number of rotatable bonds is 3. The van der Waals surface area contributed by atoms with E-state index in [4.69, 9.17) is 11.6 Å². The molecule has 0 aliphatic heterocycles. The predicted molar refractivity (Wildman–Crippen MR) is 41.0 cm³/mol. The summed E-state index contributed by atoms with van der Waals surface area (Å²) in [5, 5.41) is 2.83. The Hall–Kier alpha value is -0.240. The zero-order valence-electron chi connectivity index (χ0n) is 6.06. The quantitative estimate of drug-likeness (QED) is 0.618. The fourth-order valence-corrected chi connectivity index (χ4v) is 1.20. The summed E-state index contributed by atoms with van der Waals surface area (Å²) in [6, 6.07) is 0.427. The molecule has 1 aliphatic carbocycles. The smallest absolute Gasteiger partial charge is 0.235 e. The molecule has 0 aromatic carbocycles. The summed E-state index contributed by atoms with van der Waals surface area (Å²) in [6.45, 7) is 2.14. The topological polar surface area (TPSA) is 29.1 Å². The van der Waals surface area contributed by atoms with Crippen LogP contribution in [-0.4, -0.2) is 17.8 Å². The van der Waals surface area contributed by atoms with Crippen molar-refractivity contribution in [3.63, 3.8) is 0 Å². The van der Waals surface area contributed by atoms with Crippen LogP contribution in [0.2, 0.25) is 0 Å². The average Bonchev–Trinajstić information content (AvgIpc) is 2.67. The van der Waals surface area contributed by atoms with Gasteiger partial charge in [-0.05, 0) is 12.3 Å². The summed E-state index contributed by atoms with van der Waals surface area (Å²) < 4.78 is 0. The molecule has 1 N–H and O–H groups in total. The van der Waals surface area contributed by atoms with Gasteiger partial charge in [0, 0.05) is 6.04 Å². The van der Waals surface area contributed by atoms with E-state index in [1.807, 2.05) is 0 Å². The van der Waals surface area contributed by atoms with E-state index in [1.54, 1.807) is 0 Å². The fraction of sp³-hybridized carbons (Fsp3) is 0.857. The normalized spacial score (nSPS) is 29.8. The van der Waals surface area contributed by atoms with Crippen LogP contribution in [-0.2, 0) is 4.79 Å². The first-order chi connectivity index (χ1) is 4.77. The number of hydrogen-bond donors (Lipinski definition) is 1. The number of nitrogens with one attached hydrogen (secondary N) is 1. The molecule has 1 saturated carbocycles. The molecule has 0 heterocycles. The summed E-state index contributed by atoms with van der Waals surface area (Å²) in [5.41, 5.74) is 0. The molecule has 1 aliphatic rings. The third-order valence-corrected chi connectivity index (χ3v) is 2.16. The second kappa shape index (κ2) is 3.24. The third kappa shape index (κ3) is 1.87. The van der Waals surface area contributed by atoms with Gasteiger partial charge >= 0.3 is 0 Å². The minimum atomic E-state index is -0.0392. The molecule has 0 saturated heterocycles. The highest BCUT2D eigenvalue weighted by molar-refractivity contribution is 6.27. The highest BCUT2D eigenvalue weighted by Gasteiger charge is 2.35. The second-order valence-corrected chi connectivity index (χ2v) is 2.98. The highest BCUT2D eigenvalue weighted by atomic mass is 35.5. The Morgan fingerprint density at radius 1 is 1.80 bits per heavy atom. The fourth-order valence-electron chi connectivity index (χ4n) is 1.12. The molecule has 0 spiro atoms. The number of amides is 1. The number of alkyl halides is 1. The van der Waals surface area contributed by atoms with E-state index >= 15 is 0 Å². The van der Waals surface area contributed by atoms with Gasteiger partial charge in [-0.3, -0.25) is 4.79 Å². The van der Waals surface area contributed by atoms with Gasteiger partial charge in [0.2, 0.25) is 5.91 Å². The van der Waals surface area contributed by atoms with E-state index in [2.05, 4.69) is 12.2 Å². The van der Waals surface area contributed by atoms with Crippen molar-refractivity contribution < 1.29 is 4.79 Å². The van der Waals surface area contributed by atoms with E-state index in [1.165, 1.54) is 0 Å². The van der Waals surface area contributed by atoms with Gasteiger partial charge in [0.1, 0.15) is 5.88 Å². The summed E-state index contributed by atoms with van der Waals surface area (Å²) in [7, 11) is 0. The van der Waals surface area contributed by atoms with Crippen molar-refractivity contribution in [1.82, 2.24) is 5.32 Å². The van der Waals surface area contributed by atoms with Gasteiger partial charge in [-0.1, -0.05) is 13.3 Å². The van der Waals surface area contributed by atoms with E-state index in [9.17, 15) is 4.79 Å². The van der Waals surface area contributed by atoms with Crippen molar-refractivity contribution in [2.24, 2.45) is 5.92 Å². The van der Waals surface area contributed by atoms with Crippen LogP contribution in [0, 0.1) is 5.92 Å². The van der Waals surface area contributed by atoms with Crippen LogP contribution in [0.1, 0.15) is 19.8 Å². The van der Waals surface area contributed by atoms with E-state index in [0.717, 1.165) is 12.8 Å². The van der Waals surface area contributed by atoms with Crippen LogP contribution in [0.15, 0.2) is 0 Å². The third-order valence-electron chi connectivity index (χ3n) is 1.91. The summed E-state index contributed by atoms with van der Waals surface area (Å²) in [4.78, 5) is 10.7. The van der Waals surface area contributed by atoms with Crippen molar-refractivity contribution in [1.29, 1.82) is 0 Å². The largest absolute Gasteiger partial charge is 0.352 e. The Labute approximate surface area is 65.9 Å². The van der Waals surface area contributed by atoms with Crippen molar-refractivity contribution in [3.05, 3.63) is 0 Å². The molecule has 2 nitrogen and oxygen atoms in total. The van der Waals surface area contributed by atoms with Crippen molar-refractivity contribution in [2.45, 2.75) is 25.8 Å². The van der Waals surface area contributed by atoms with Gasteiger partial charge in [-0.2, -0.15) is 0 Å². The molecule has 3 heteroatoms. The van der Waals surface area contributed by atoms with Crippen LogP contribution in [0.4, 0.5) is 0 Å². The van der Waals surface area contributed by atoms with Crippen LogP contribution >= 0.6 is 11.6 Å². The van der Waals surface area contributed by atoms with E-state index in [-0.39, 0.29) is 11.8 Å². The van der Waals surface area contributed by atoms with Crippen molar-refractivity contribution in [3.8, 4) is 0 Å². The summed E-state index contributed by atoms with van der Waals surface area (Å²) in [5.74, 6) is 0.766. The lowest BCUT2D eigenvalue weighted by Crippen LogP contribution is -2.27. The maximum absolute atomic E-state index is 10.7. The zero-order chi connectivity index (χ0) is 7.56. The minimum absolute atomic E-state index is 0.0392. The first-order valence-corrected chi connectivity index (χ1v) is 4.16. The molecule has 0 bridgehead atoms. The SMILES string of the molecule is CCC1CC1NC(=O)CCl. The summed E-state index contributed by atoms with van der Waals surface area (Å²) >= 11 is 5.30. The summed E-state index contributed by atoms with van der Waals surface area (Å²) in [6.07, 6.45) is 2.30. The highest BCUT2D eigenvalue weighted by Crippen LogP contribution is 2.32. The van der Waals surface area contributed by atoms with Crippen LogP contribution in [0.25, 0.3) is 0 Å². The zero-order valence-corrected chi connectivity index (χ0v) is 6.82. The predicted octanol–water partition coefficient (Wildman–Crippen LogP) is 1.14. The molecular weight excluding hydrogens is 150 g/mol. The molecule has 0 aromatic heterocycles. The van der Waals surface area contributed by atoms with E-state index in [0.29, 0.717) is 12.0 Å². The van der Waals surface area contributed by atoms with Gasteiger partial charge in [0.05, 0.1) is 0 Å². The van der Waals surface area contributed by atoms with Crippen LogP contribution < -0.4 is 5.32 Å². The Kier molecular flexibility index (Phi) is 2.55. The maximum atomic E-state index is 10.7. The molecule has 0 radical (unpaired) electrons. The van der Waals surface area contributed by atoms with Gasteiger partial charge < -0.3 is 5.32 Å². The monoisotopic (exact) mass is 161 g/mol. The van der Waals surface area contributed by atoms with Gasteiger partial charge in [-0.25, -0.2) is 0 Å². The Bertz CT molecular complexity index is 138. The molecule has 1 rings (SSSR count). The number of carbonyl (C=O) groups is 1. The molecule has 1 amide bonds. The molecule has 10 heavy (non-hydrogen) atoms. The molecule has 58 valence electrons. The first-order valence-electron chi connectivity index (χ1n) is 3.63. The molecular formula is C7H12ClNO. The minimum Gasteiger partial charge on any atom is -0.352 e. The standard InChI is InChI=1S/C7H12ClNO/c1-2-5-3-6(5)9-7(10)4-8/h5-6H,2-4H2,1H3,(H,9,10). The van der Waals surface area contributed by atoms with Crippen LogP contribution in [0.3, 0.4) is 0 Å². The Morgan fingerprint density at radius 2 is 2.50 bits per heavy atom. The lowest BCUT2D eigenvalue weighted by atomic mass is 10.3. The van der Waals surface area contributed by atoms with Crippen LogP contribution in [0.5, 0.6) is 0 Å². The average molecular weight is 162 g/mol. The number of halogens is 1. The first kappa shape index (κ1) is 7.86. The van der Waals surface area contributed by atoms with Gasteiger partial charge in [0.25, 0.3) is 0 Å². The van der Waals surface area contributed by atoms with Gasteiger partial charge in [-0.15, -0.1) is 11.6 Å². The van der Waals surface area contributed by atoms with E-state index < -0.39 is 0 Å². The maximum Gasteiger partial charge on any atom is 0.235 e. The molecule has 0 aromatic rings. The molecule has 2 atom stereocenters. The molecule has 2 unspecified atom stereocenters. The molecule has 1 fully saturated rings. The second-order valence-electron chi connectivity index (χ2n) is 2.71. The number of carbonyl (C=O) groups excluding carboxylic acids is 1. The van der Waals surface area contributed by atoms with Gasteiger partial charge in [0.15, 0.2) is 0 Å². The lowest BCUT2D eigenvalue weighted by Gasteiger charge is -1.98.